The number of hydrogen-bond acceptors (Lipinski definition) is 6. The summed E-state index contributed by atoms with van der Waals surface area (Å²) in [4.78, 5) is 17.7. The zero-order valence-electron chi connectivity index (χ0n) is 9.52. The fourth-order valence-corrected chi connectivity index (χ4v) is 1.30. The van der Waals surface area contributed by atoms with E-state index in [2.05, 4.69) is 20.5 Å². The number of rotatable bonds is 4. The summed E-state index contributed by atoms with van der Waals surface area (Å²) in [7, 11) is 1.55. The molecule has 92 valence electrons. The molecule has 0 aliphatic carbocycles. The second kappa shape index (κ2) is 5.04. The third-order valence-corrected chi connectivity index (χ3v) is 2.20. The Hall–Kier alpha value is -2.77. The first-order valence-electron chi connectivity index (χ1n) is 5.04. The first-order valence-corrected chi connectivity index (χ1v) is 5.04. The highest BCUT2D eigenvalue weighted by molar-refractivity contribution is 5.78. The Morgan fingerprint density at radius 3 is 2.94 bits per heavy atom. The van der Waals surface area contributed by atoms with Crippen LogP contribution in [0.15, 0.2) is 35.7 Å². The lowest BCUT2D eigenvalue weighted by atomic mass is 10.5. The molecule has 0 unspecified atom stereocenters. The predicted octanol–water partition coefficient (Wildman–Crippen LogP) is 1.17. The molecule has 0 saturated heterocycles. The van der Waals surface area contributed by atoms with E-state index in [-0.39, 0.29) is 5.95 Å². The molecule has 0 saturated carbocycles. The van der Waals surface area contributed by atoms with Gasteiger partial charge in [-0.15, -0.1) is 0 Å². The zero-order valence-corrected chi connectivity index (χ0v) is 9.52. The van der Waals surface area contributed by atoms with Gasteiger partial charge in [0.25, 0.3) is 0 Å². The van der Waals surface area contributed by atoms with Gasteiger partial charge in [0, 0.05) is 6.20 Å². The molecule has 0 fully saturated rings. The van der Waals surface area contributed by atoms with Crippen LogP contribution in [0.4, 0.5) is 11.8 Å². The lowest BCUT2D eigenvalue weighted by Gasteiger charge is -1.97. The highest BCUT2D eigenvalue weighted by Crippen LogP contribution is 2.08. The Labute approximate surface area is 102 Å². The number of nitro groups is 1. The van der Waals surface area contributed by atoms with Gasteiger partial charge in [0.1, 0.15) is 12.0 Å². The van der Waals surface area contributed by atoms with Crippen molar-refractivity contribution in [1.82, 2.24) is 14.5 Å². The maximum atomic E-state index is 10.6. The van der Waals surface area contributed by atoms with Crippen molar-refractivity contribution < 1.29 is 4.92 Å². The summed E-state index contributed by atoms with van der Waals surface area (Å²) >= 11 is 0. The van der Waals surface area contributed by atoms with Crippen LogP contribution in [0.1, 0.15) is 5.69 Å². The second-order valence-electron chi connectivity index (χ2n) is 3.38. The van der Waals surface area contributed by atoms with Crippen LogP contribution in [-0.4, -0.2) is 25.7 Å². The molecular weight excluding hydrogens is 236 g/mol. The third kappa shape index (κ3) is 2.48. The highest BCUT2D eigenvalue weighted by Gasteiger charge is 2.15. The third-order valence-electron chi connectivity index (χ3n) is 2.20. The highest BCUT2D eigenvalue weighted by atomic mass is 16.6. The first-order chi connectivity index (χ1) is 8.68. The van der Waals surface area contributed by atoms with Crippen LogP contribution in [-0.2, 0) is 7.05 Å². The number of nitrogens with one attached hydrogen (secondary N) is 1. The Kier molecular flexibility index (Phi) is 3.28. The van der Waals surface area contributed by atoms with Crippen molar-refractivity contribution in [3.63, 3.8) is 0 Å². The lowest BCUT2D eigenvalue weighted by molar-refractivity contribution is -0.396. The molecular formula is C10H10N6O2. The molecule has 0 spiro atoms. The fraction of sp³-hybridized carbons (Fsp3) is 0.100. The molecule has 2 aromatic rings. The van der Waals surface area contributed by atoms with Crippen LogP contribution in [0.5, 0.6) is 0 Å². The van der Waals surface area contributed by atoms with Gasteiger partial charge < -0.3 is 10.1 Å². The van der Waals surface area contributed by atoms with Crippen molar-refractivity contribution in [2.45, 2.75) is 0 Å². The number of hydrogen-bond donors (Lipinski definition) is 1. The van der Waals surface area contributed by atoms with Gasteiger partial charge in [-0.25, -0.2) is 9.55 Å². The summed E-state index contributed by atoms with van der Waals surface area (Å²) in [5, 5.41) is 14.5. The molecule has 1 N–H and O–H groups in total. The van der Waals surface area contributed by atoms with E-state index >= 15 is 0 Å². The van der Waals surface area contributed by atoms with Crippen molar-refractivity contribution >= 4 is 18.0 Å². The lowest BCUT2D eigenvalue weighted by Crippen LogP contribution is -2.02. The smallest absolute Gasteiger partial charge is 0.390 e. The van der Waals surface area contributed by atoms with Crippen molar-refractivity contribution in [1.29, 1.82) is 0 Å². The van der Waals surface area contributed by atoms with Gasteiger partial charge in [0.15, 0.2) is 5.69 Å². The van der Waals surface area contributed by atoms with Crippen LogP contribution >= 0.6 is 0 Å². The molecule has 0 aliphatic rings. The molecule has 2 aromatic heterocycles. The Morgan fingerprint density at radius 2 is 2.33 bits per heavy atom. The summed E-state index contributed by atoms with van der Waals surface area (Å²) < 4.78 is 1.34. The van der Waals surface area contributed by atoms with E-state index in [4.69, 9.17) is 0 Å². The Balaban J connectivity index is 2.08. The Morgan fingerprint density at radius 1 is 1.50 bits per heavy atom. The predicted molar refractivity (Wildman–Crippen MR) is 65.3 cm³/mol. The maximum Gasteiger partial charge on any atom is 0.434 e. The van der Waals surface area contributed by atoms with Gasteiger partial charge in [-0.2, -0.15) is 5.10 Å². The van der Waals surface area contributed by atoms with Crippen molar-refractivity contribution in [2.75, 3.05) is 5.43 Å². The van der Waals surface area contributed by atoms with Gasteiger partial charge in [0.05, 0.1) is 13.3 Å². The van der Waals surface area contributed by atoms with E-state index < -0.39 is 4.92 Å². The van der Waals surface area contributed by atoms with Crippen LogP contribution in [0.3, 0.4) is 0 Å². The van der Waals surface area contributed by atoms with Crippen LogP contribution < -0.4 is 5.43 Å². The average molecular weight is 246 g/mol. The molecule has 2 heterocycles. The standard InChI is InChI=1S/C10H10N6O2/c1-15-8(6-12-10(15)16(17)18)7-13-14-9-4-2-3-5-11-9/h2-7H,1H3,(H,11,14). The number of aromatic nitrogens is 3. The molecule has 0 atom stereocenters. The zero-order chi connectivity index (χ0) is 13.0. The van der Waals surface area contributed by atoms with Gasteiger partial charge >= 0.3 is 5.95 Å². The van der Waals surface area contributed by atoms with Crippen LogP contribution in [0, 0.1) is 10.1 Å². The van der Waals surface area contributed by atoms with E-state index in [1.54, 1.807) is 25.4 Å². The molecule has 8 heteroatoms. The fourth-order valence-electron chi connectivity index (χ4n) is 1.30. The molecule has 0 aliphatic heterocycles. The SMILES string of the molecule is Cn1c(C=NNc2ccccn2)cnc1[N+](=O)[O-]. The molecule has 18 heavy (non-hydrogen) atoms. The average Bonchev–Trinajstić information content (AvgIpc) is 2.73. The largest absolute Gasteiger partial charge is 0.434 e. The van der Waals surface area contributed by atoms with E-state index in [0.29, 0.717) is 11.5 Å². The van der Waals surface area contributed by atoms with Gasteiger partial charge in [-0.3, -0.25) is 5.43 Å². The number of anilines is 1. The van der Waals surface area contributed by atoms with Gasteiger partial charge in [-0.1, -0.05) is 11.1 Å². The quantitative estimate of drug-likeness (QED) is 0.496. The van der Waals surface area contributed by atoms with Crippen molar-refractivity contribution in [3.05, 3.63) is 46.4 Å². The molecule has 2 rings (SSSR count). The summed E-state index contributed by atoms with van der Waals surface area (Å²) in [5.41, 5.74) is 3.22. The molecule has 0 radical (unpaired) electrons. The minimum Gasteiger partial charge on any atom is -0.390 e. The second-order valence-corrected chi connectivity index (χ2v) is 3.38. The number of nitrogens with zero attached hydrogens (tertiary/aromatic N) is 5. The minimum atomic E-state index is -0.552. The number of imidazole rings is 1. The van der Waals surface area contributed by atoms with E-state index in [0.717, 1.165) is 0 Å². The normalized spacial score (nSPS) is 10.7. The topological polar surface area (TPSA) is 98.2 Å². The van der Waals surface area contributed by atoms with Crippen molar-refractivity contribution in [2.24, 2.45) is 12.1 Å². The minimum absolute atomic E-state index is 0.228. The van der Waals surface area contributed by atoms with E-state index in [9.17, 15) is 10.1 Å². The van der Waals surface area contributed by atoms with Crippen LogP contribution in [0.25, 0.3) is 0 Å². The summed E-state index contributed by atoms with van der Waals surface area (Å²) in [6, 6.07) is 5.36. The van der Waals surface area contributed by atoms with E-state index in [1.165, 1.54) is 17.0 Å². The number of pyridine rings is 1. The summed E-state index contributed by atoms with van der Waals surface area (Å²) in [5.74, 6) is 0.361. The molecule has 0 bridgehead atoms. The summed E-state index contributed by atoms with van der Waals surface area (Å²) in [6.07, 6.45) is 4.45. The molecule has 0 amide bonds. The Bertz CT molecular complexity index is 577. The van der Waals surface area contributed by atoms with E-state index in [1.807, 2.05) is 6.07 Å². The van der Waals surface area contributed by atoms with Gasteiger partial charge in [-0.05, 0) is 17.1 Å². The monoisotopic (exact) mass is 246 g/mol. The maximum absolute atomic E-state index is 10.6. The van der Waals surface area contributed by atoms with Crippen LogP contribution in [0.2, 0.25) is 0 Å². The number of hydrazone groups is 1. The first kappa shape index (κ1) is 11.7. The van der Waals surface area contributed by atoms with Crippen molar-refractivity contribution in [3.8, 4) is 0 Å². The molecule has 8 nitrogen and oxygen atoms in total. The molecule has 0 aromatic carbocycles. The summed E-state index contributed by atoms with van der Waals surface area (Å²) in [6.45, 7) is 0. The van der Waals surface area contributed by atoms with Gasteiger partial charge in [0.2, 0.25) is 0 Å².